The van der Waals surface area contributed by atoms with Crippen molar-refractivity contribution in [3.05, 3.63) is 29.6 Å². The van der Waals surface area contributed by atoms with E-state index in [1.165, 1.54) is 4.90 Å². The lowest BCUT2D eigenvalue weighted by molar-refractivity contribution is -0.0164. The first-order chi connectivity index (χ1) is 9.04. The second kappa shape index (κ2) is 5.57. The van der Waals surface area contributed by atoms with Crippen molar-refractivity contribution in [1.29, 1.82) is 0 Å². The normalized spacial score (nSPS) is 18.3. The van der Waals surface area contributed by atoms with Crippen LogP contribution in [0.4, 0.5) is 4.79 Å². The van der Waals surface area contributed by atoms with Crippen molar-refractivity contribution in [1.82, 2.24) is 9.88 Å². The number of rotatable bonds is 3. The minimum absolute atomic E-state index is 0.396. The number of aromatic nitrogens is 1. The van der Waals surface area contributed by atoms with E-state index in [1.54, 1.807) is 6.20 Å². The number of pyridine rings is 1. The van der Waals surface area contributed by atoms with Crippen molar-refractivity contribution in [3.63, 3.8) is 0 Å². The van der Waals surface area contributed by atoms with Crippen molar-refractivity contribution in [2.24, 2.45) is 0 Å². The minimum atomic E-state index is -0.905. The number of piperidine rings is 1. The maximum atomic E-state index is 10.9. The number of carbonyl (C=O) groups is 1. The summed E-state index contributed by atoms with van der Waals surface area (Å²) in [6.45, 7) is 2.84. The third-order valence-electron chi connectivity index (χ3n) is 3.80. The van der Waals surface area contributed by atoms with Crippen LogP contribution < -0.4 is 0 Å². The van der Waals surface area contributed by atoms with E-state index >= 15 is 0 Å². The molecule has 5 nitrogen and oxygen atoms in total. The fourth-order valence-corrected chi connectivity index (χ4v) is 2.60. The van der Waals surface area contributed by atoms with Gasteiger partial charge >= 0.3 is 6.09 Å². The lowest BCUT2D eigenvalue weighted by Crippen LogP contribution is -2.47. The highest BCUT2D eigenvalue weighted by Crippen LogP contribution is 2.27. The van der Waals surface area contributed by atoms with Crippen molar-refractivity contribution in [2.45, 2.75) is 38.2 Å². The average Bonchev–Trinajstić information content (AvgIpc) is 2.39. The van der Waals surface area contributed by atoms with Gasteiger partial charge in [0.05, 0.1) is 5.60 Å². The van der Waals surface area contributed by atoms with Gasteiger partial charge in [0.2, 0.25) is 0 Å². The molecule has 0 saturated carbocycles. The van der Waals surface area contributed by atoms with Gasteiger partial charge in [-0.15, -0.1) is 0 Å². The molecule has 0 atom stereocenters. The van der Waals surface area contributed by atoms with E-state index < -0.39 is 11.7 Å². The number of nitrogens with zero attached hydrogens (tertiary/aromatic N) is 2. The topological polar surface area (TPSA) is 73.7 Å². The summed E-state index contributed by atoms with van der Waals surface area (Å²) in [7, 11) is 0. The summed E-state index contributed by atoms with van der Waals surface area (Å²) in [6, 6.07) is 3.87. The number of carboxylic acid groups (broad SMARTS) is 1. The Kier molecular flexibility index (Phi) is 4.04. The Labute approximate surface area is 112 Å². The first-order valence-corrected chi connectivity index (χ1v) is 6.67. The molecule has 2 heterocycles. The molecule has 1 aliphatic heterocycles. The Morgan fingerprint density at radius 3 is 2.74 bits per heavy atom. The molecule has 0 bridgehead atoms. The molecule has 0 spiro atoms. The van der Waals surface area contributed by atoms with Gasteiger partial charge in [0.15, 0.2) is 0 Å². The van der Waals surface area contributed by atoms with E-state index in [9.17, 15) is 9.90 Å². The first-order valence-electron chi connectivity index (χ1n) is 6.67. The molecule has 104 valence electrons. The fraction of sp³-hybridized carbons (Fsp3) is 0.571. The summed E-state index contributed by atoms with van der Waals surface area (Å²) in [5.41, 5.74) is 1.27. The summed E-state index contributed by atoms with van der Waals surface area (Å²) in [4.78, 5) is 16.5. The van der Waals surface area contributed by atoms with Crippen LogP contribution >= 0.6 is 0 Å². The predicted molar refractivity (Wildman–Crippen MR) is 71.1 cm³/mol. The Hall–Kier alpha value is -1.62. The van der Waals surface area contributed by atoms with Gasteiger partial charge in [0.1, 0.15) is 0 Å². The molecule has 1 aromatic rings. The lowest BCUT2D eigenvalue weighted by Gasteiger charge is -2.37. The summed E-state index contributed by atoms with van der Waals surface area (Å²) in [5.74, 6) is 0. The van der Waals surface area contributed by atoms with Crippen LogP contribution in [-0.4, -0.2) is 44.9 Å². The van der Waals surface area contributed by atoms with Gasteiger partial charge in [0.25, 0.3) is 0 Å². The van der Waals surface area contributed by atoms with Crippen LogP contribution in [0, 0.1) is 0 Å². The molecule has 5 heteroatoms. The van der Waals surface area contributed by atoms with Crippen LogP contribution in [-0.2, 0) is 12.8 Å². The van der Waals surface area contributed by atoms with Crippen molar-refractivity contribution in [3.8, 4) is 0 Å². The molecule has 2 N–H and O–H groups in total. The van der Waals surface area contributed by atoms with E-state index in [4.69, 9.17) is 5.11 Å². The minimum Gasteiger partial charge on any atom is -0.465 e. The van der Waals surface area contributed by atoms with Gasteiger partial charge in [-0.3, -0.25) is 4.98 Å². The van der Waals surface area contributed by atoms with Gasteiger partial charge in [-0.2, -0.15) is 0 Å². The lowest BCUT2D eigenvalue weighted by atomic mass is 9.85. The quantitative estimate of drug-likeness (QED) is 0.871. The van der Waals surface area contributed by atoms with E-state index in [0.717, 1.165) is 17.7 Å². The second-order valence-corrected chi connectivity index (χ2v) is 5.13. The maximum Gasteiger partial charge on any atom is 0.407 e. The molecule has 0 aliphatic carbocycles. The van der Waals surface area contributed by atoms with Crippen LogP contribution in [0.2, 0.25) is 0 Å². The Morgan fingerprint density at radius 1 is 1.47 bits per heavy atom. The largest absolute Gasteiger partial charge is 0.465 e. The Morgan fingerprint density at radius 2 is 2.16 bits per heavy atom. The summed E-state index contributed by atoms with van der Waals surface area (Å²) >= 11 is 0. The summed E-state index contributed by atoms with van der Waals surface area (Å²) < 4.78 is 0. The molecule has 19 heavy (non-hydrogen) atoms. The molecule has 1 fully saturated rings. The van der Waals surface area contributed by atoms with Gasteiger partial charge in [-0.1, -0.05) is 13.0 Å². The molecule has 1 amide bonds. The molecule has 1 aromatic heterocycles. The number of hydrogen-bond acceptors (Lipinski definition) is 3. The zero-order valence-corrected chi connectivity index (χ0v) is 11.2. The van der Waals surface area contributed by atoms with Crippen molar-refractivity contribution >= 4 is 6.09 Å². The third kappa shape index (κ3) is 3.23. The van der Waals surface area contributed by atoms with Crippen LogP contribution in [0.25, 0.3) is 0 Å². The molecule has 1 aliphatic rings. The van der Waals surface area contributed by atoms with Gasteiger partial charge < -0.3 is 15.1 Å². The average molecular weight is 264 g/mol. The predicted octanol–water partition coefficient (Wildman–Crippen LogP) is 1.69. The molecule has 2 rings (SSSR count). The van der Waals surface area contributed by atoms with E-state index in [2.05, 4.69) is 4.98 Å². The van der Waals surface area contributed by atoms with Crippen molar-refractivity contribution < 1.29 is 15.0 Å². The maximum absolute atomic E-state index is 10.9. The zero-order chi connectivity index (χ0) is 13.9. The van der Waals surface area contributed by atoms with Crippen LogP contribution in [0.3, 0.4) is 0 Å². The second-order valence-electron chi connectivity index (χ2n) is 5.13. The number of aryl methyl sites for hydroxylation is 1. The number of likely N-dealkylation sites (tertiary alicyclic amines) is 1. The Bertz CT molecular complexity index is 454. The monoisotopic (exact) mass is 264 g/mol. The third-order valence-corrected chi connectivity index (χ3v) is 3.80. The van der Waals surface area contributed by atoms with Gasteiger partial charge in [0, 0.05) is 31.4 Å². The molecule has 0 radical (unpaired) electrons. The van der Waals surface area contributed by atoms with Crippen LogP contribution in [0.15, 0.2) is 18.3 Å². The van der Waals surface area contributed by atoms with E-state index in [0.29, 0.717) is 32.4 Å². The first kappa shape index (κ1) is 13.8. The van der Waals surface area contributed by atoms with Crippen LogP contribution in [0.1, 0.15) is 31.0 Å². The molecule has 0 unspecified atom stereocenters. The molecule has 0 aromatic carbocycles. The summed E-state index contributed by atoms with van der Waals surface area (Å²) in [6.07, 6.45) is 3.22. The van der Waals surface area contributed by atoms with E-state index in [1.807, 2.05) is 19.1 Å². The molecular weight excluding hydrogens is 244 g/mol. The fourth-order valence-electron chi connectivity index (χ4n) is 2.60. The number of hydrogen-bond donors (Lipinski definition) is 2. The highest BCUT2D eigenvalue weighted by Gasteiger charge is 2.34. The van der Waals surface area contributed by atoms with Crippen LogP contribution in [0.5, 0.6) is 0 Å². The SMILES string of the molecule is CCc1ncccc1CC1(O)CCN(C(=O)O)CC1. The molecular formula is C14H20N2O3. The number of amides is 1. The molecule has 1 saturated heterocycles. The number of aliphatic hydroxyl groups is 1. The highest BCUT2D eigenvalue weighted by atomic mass is 16.4. The Balaban J connectivity index is 2.05. The van der Waals surface area contributed by atoms with Gasteiger partial charge in [-0.25, -0.2) is 4.79 Å². The highest BCUT2D eigenvalue weighted by molar-refractivity contribution is 5.65. The summed E-state index contributed by atoms with van der Waals surface area (Å²) in [5, 5.41) is 19.5. The smallest absolute Gasteiger partial charge is 0.407 e. The zero-order valence-electron chi connectivity index (χ0n) is 11.2. The van der Waals surface area contributed by atoms with Gasteiger partial charge in [-0.05, 0) is 30.9 Å². The standard InChI is InChI=1S/C14H20N2O3/c1-2-12-11(4-3-7-15-12)10-14(19)5-8-16(9-6-14)13(17)18/h3-4,7,19H,2,5-6,8-10H2,1H3,(H,17,18). The van der Waals surface area contributed by atoms with Crippen molar-refractivity contribution in [2.75, 3.05) is 13.1 Å². The van der Waals surface area contributed by atoms with E-state index in [-0.39, 0.29) is 0 Å².